The molecule has 0 fully saturated rings. The summed E-state index contributed by atoms with van der Waals surface area (Å²) in [5, 5.41) is 11.0. The maximum Gasteiger partial charge on any atom is 0.311 e. The highest BCUT2D eigenvalue weighted by Crippen LogP contribution is 2.31. The van der Waals surface area contributed by atoms with Gasteiger partial charge in [0.25, 0.3) is 0 Å². The van der Waals surface area contributed by atoms with E-state index in [-0.39, 0.29) is 23.8 Å². The van der Waals surface area contributed by atoms with Crippen LogP contribution in [0.2, 0.25) is 0 Å². The van der Waals surface area contributed by atoms with Crippen LogP contribution >= 0.6 is 0 Å². The second-order valence-electron chi connectivity index (χ2n) is 4.25. The van der Waals surface area contributed by atoms with Crippen molar-refractivity contribution in [2.45, 2.75) is 20.3 Å². The number of anilines is 1. The molecule has 21 heavy (non-hydrogen) atoms. The number of carbonyl (C=O) groups is 1. The highest BCUT2D eigenvalue weighted by molar-refractivity contribution is 5.70. The predicted molar refractivity (Wildman–Crippen MR) is 78.8 cm³/mol. The summed E-state index contributed by atoms with van der Waals surface area (Å²) in [6.07, 6.45) is 0.255. The molecule has 7 heteroatoms. The molecule has 0 saturated heterocycles. The lowest BCUT2D eigenvalue weighted by molar-refractivity contribution is -0.385. The van der Waals surface area contributed by atoms with Gasteiger partial charge in [-0.1, -0.05) is 0 Å². The fourth-order valence-corrected chi connectivity index (χ4v) is 1.92. The third kappa shape index (κ3) is 4.62. The van der Waals surface area contributed by atoms with Gasteiger partial charge in [0, 0.05) is 30.9 Å². The lowest BCUT2D eigenvalue weighted by Gasteiger charge is -2.23. The van der Waals surface area contributed by atoms with Crippen LogP contribution in [0.15, 0.2) is 18.2 Å². The van der Waals surface area contributed by atoms with Gasteiger partial charge in [0.1, 0.15) is 0 Å². The minimum Gasteiger partial charge on any atom is -0.487 e. The monoisotopic (exact) mass is 296 g/mol. The van der Waals surface area contributed by atoms with Gasteiger partial charge in [-0.05, 0) is 19.9 Å². The van der Waals surface area contributed by atoms with E-state index in [9.17, 15) is 14.9 Å². The van der Waals surface area contributed by atoms with Crippen LogP contribution < -0.4 is 9.64 Å². The summed E-state index contributed by atoms with van der Waals surface area (Å²) < 4.78 is 9.93. The Hall–Kier alpha value is -2.31. The highest BCUT2D eigenvalue weighted by Gasteiger charge is 2.17. The van der Waals surface area contributed by atoms with E-state index in [4.69, 9.17) is 4.74 Å². The highest BCUT2D eigenvalue weighted by atomic mass is 16.6. The van der Waals surface area contributed by atoms with E-state index in [0.29, 0.717) is 19.7 Å². The van der Waals surface area contributed by atoms with E-state index in [1.807, 2.05) is 11.8 Å². The molecular formula is C14H20N2O5. The third-order valence-electron chi connectivity index (χ3n) is 3.00. The van der Waals surface area contributed by atoms with Crippen LogP contribution in [0.3, 0.4) is 0 Å². The number of nitrogens with zero attached hydrogens (tertiary/aromatic N) is 2. The number of benzene rings is 1. The molecule has 0 atom stereocenters. The van der Waals surface area contributed by atoms with Gasteiger partial charge >= 0.3 is 11.7 Å². The van der Waals surface area contributed by atoms with E-state index in [0.717, 1.165) is 5.69 Å². The van der Waals surface area contributed by atoms with Crippen molar-refractivity contribution in [2.75, 3.05) is 31.7 Å². The van der Waals surface area contributed by atoms with Crippen LogP contribution in [0.5, 0.6) is 5.75 Å². The molecule has 116 valence electrons. The van der Waals surface area contributed by atoms with Gasteiger partial charge in [0.05, 0.1) is 25.1 Å². The van der Waals surface area contributed by atoms with Crippen molar-refractivity contribution < 1.29 is 19.2 Å². The first-order valence-electron chi connectivity index (χ1n) is 6.76. The van der Waals surface area contributed by atoms with E-state index in [1.165, 1.54) is 13.2 Å². The molecule has 0 aliphatic rings. The van der Waals surface area contributed by atoms with E-state index < -0.39 is 4.92 Å². The normalized spacial score (nSPS) is 10.0. The molecule has 0 aromatic heterocycles. The number of carbonyl (C=O) groups excluding carboxylic acids is 1. The molecule has 1 rings (SSSR count). The summed E-state index contributed by atoms with van der Waals surface area (Å²) in [5.41, 5.74) is 0.708. The number of esters is 1. The number of nitro groups is 1. The fraction of sp³-hybridized carbons (Fsp3) is 0.500. The van der Waals surface area contributed by atoms with Crippen LogP contribution in [0.1, 0.15) is 20.3 Å². The summed E-state index contributed by atoms with van der Waals surface area (Å²) in [5.74, 6) is -0.0584. The van der Waals surface area contributed by atoms with Gasteiger partial charge < -0.3 is 14.4 Å². The van der Waals surface area contributed by atoms with Crippen molar-refractivity contribution in [3.8, 4) is 5.75 Å². The lowest BCUT2D eigenvalue weighted by atomic mass is 10.2. The van der Waals surface area contributed by atoms with Gasteiger partial charge in [-0.15, -0.1) is 0 Å². The Morgan fingerprint density at radius 3 is 2.62 bits per heavy atom. The van der Waals surface area contributed by atoms with Crippen molar-refractivity contribution in [3.63, 3.8) is 0 Å². The molecule has 0 bridgehead atoms. The van der Waals surface area contributed by atoms with Crippen molar-refractivity contribution in [2.24, 2.45) is 0 Å². The topological polar surface area (TPSA) is 81.9 Å². The molecular weight excluding hydrogens is 276 g/mol. The molecule has 0 spiro atoms. The zero-order chi connectivity index (χ0) is 15.8. The first kappa shape index (κ1) is 16.7. The van der Waals surface area contributed by atoms with Crippen molar-refractivity contribution >= 4 is 17.3 Å². The minimum absolute atomic E-state index is 0.0652. The van der Waals surface area contributed by atoms with Gasteiger partial charge in [-0.25, -0.2) is 0 Å². The molecule has 1 aromatic rings. The second-order valence-corrected chi connectivity index (χ2v) is 4.25. The average Bonchev–Trinajstić information content (AvgIpc) is 2.47. The number of hydrogen-bond acceptors (Lipinski definition) is 6. The van der Waals surface area contributed by atoms with Crippen LogP contribution in [-0.4, -0.2) is 37.7 Å². The van der Waals surface area contributed by atoms with Crippen LogP contribution in [0.4, 0.5) is 11.4 Å². The predicted octanol–water partition coefficient (Wildman–Crippen LogP) is 2.38. The molecule has 1 aromatic carbocycles. The SMILES string of the molecule is CCOc1cc(N(CC)CCC(=O)OC)ccc1[N+](=O)[O-]. The standard InChI is InChI=1S/C14H20N2O5/c1-4-15(9-8-14(17)20-3)11-6-7-12(16(18)19)13(10-11)21-5-2/h6-7,10H,4-5,8-9H2,1-3H3. The Morgan fingerprint density at radius 1 is 1.38 bits per heavy atom. The number of nitro benzene ring substituents is 1. The Morgan fingerprint density at radius 2 is 2.10 bits per heavy atom. The molecule has 7 nitrogen and oxygen atoms in total. The zero-order valence-electron chi connectivity index (χ0n) is 12.5. The molecule has 0 heterocycles. The first-order valence-corrected chi connectivity index (χ1v) is 6.76. The molecule has 0 amide bonds. The maximum atomic E-state index is 11.2. The molecule has 0 N–H and O–H groups in total. The number of hydrogen-bond donors (Lipinski definition) is 0. The molecule has 0 aliphatic carbocycles. The zero-order valence-corrected chi connectivity index (χ0v) is 12.5. The average molecular weight is 296 g/mol. The Bertz CT molecular complexity index is 504. The quantitative estimate of drug-likeness (QED) is 0.416. The van der Waals surface area contributed by atoms with Crippen molar-refractivity contribution in [1.29, 1.82) is 0 Å². The van der Waals surface area contributed by atoms with Crippen LogP contribution in [-0.2, 0) is 9.53 Å². The second kappa shape index (κ2) is 8.08. The van der Waals surface area contributed by atoms with Crippen LogP contribution in [0, 0.1) is 10.1 Å². The van der Waals surface area contributed by atoms with Gasteiger partial charge in [0.15, 0.2) is 5.75 Å². The lowest BCUT2D eigenvalue weighted by Crippen LogP contribution is -2.26. The largest absolute Gasteiger partial charge is 0.487 e. The summed E-state index contributed by atoms with van der Waals surface area (Å²) in [6, 6.07) is 4.70. The van der Waals surface area contributed by atoms with Crippen molar-refractivity contribution in [1.82, 2.24) is 0 Å². The van der Waals surface area contributed by atoms with Gasteiger partial charge in [0.2, 0.25) is 0 Å². The molecule has 0 aliphatic heterocycles. The Balaban J connectivity index is 2.96. The summed E-state index contributed by atoms with van der Waals surface area (Å²) in [4.78, 5) is 23.6. The number of rotatable bonds is 8. The molecule has 0 saturated carbocycles. The number of methoxy groups -OCH3 is 1. The Kier molecular flexibility index (Phi) is 6.45. The van der Waals surface area contributed by atoms with Gasteiger partial charge in [-0.3, -0.25) is 14.9 Å². The van der Waals surface area contributed by atoms with E-state index in [1.54, 1.807) is 19.1 Å². The first-order chi connectivity index (χ1) is 10.0. The molecule has 0 radical (unpaired) electrons. The smallest absolute Gasteiger partial charge is 0.311 e. The van der Waals surface area contributed by atoms with E-state index in [2.05, 4.69) is 4.74 Å². The third-order valence-corrected chi connectivity index (χ3v) is 3.00. The number of ether oxygens (including phenoxy) is 2. The van der Waals surface area contributed by atoms with Crippen LogP contribution in [0.25, 0.3) is 0 Å². The minimum atomic E-state index is -0.473. The summed E-state index contributed by atoms with van der Waals surface area (Å²) in [7, 11) is 1.34. The Labute approximate surface area is 123 Å². The molecule has 0 unspecified atom stereocenters. The summed E-state index contributed by atoms with van der Waals surface area (Å²) in [6.45, 7) is 5.20. The fourth-order valence-electron chi connectivity index (χ4n) is 1.92. The summed E-state index contributed by atoms with van der Waals surface area (Å²) >= 11 is 0. The van der Waals surface area contributed by atoms with Gasteiger partial charge in [-0.2, -0.15) is 0 Å². The maximum absolute atomic E-state index is 11.2. The van der Waals surface area contributed by atoms with E-state index >= 15 is 0 Å². The van der Waals surface area contributed by atoms with Crippen molar-refractivity contribution in [3.05, 3.63) is 28.3 Å².